The summed E-state index contributed by atoms with van der Waals surface area (Å²) in [6.07, 6.45) is 3.30. The topological polar surface area (TPSA) is 12.9 Å². The lowest BCUT2D eigenvalue weighted by atomic mass is 10.1. The summed E-state index contributed by atoms with van der Waals surface area (Å²) in [4.78, 5) is 3.53. The molecule has 15 heavy (non-hydrogen) atoms. The predicted molar refractivity (Wildman–Crippen MR) is 58.0 cm³/mol. The largest absolute Gasteiger partial charge is 0.228 e. The van der Waals surface area contributed by atoms with Crippen LogP contribution in [0.2, 0.25) is 0 Å². The average molecular weight is 201 g/mol. The molecule has 0 aliphatic carbocycles. The second kappa shape index (κ2) is 4.69. The van der Waals surface area contributed by atoms with Crippen molar-refractivity contribution in [3.05, 3.63) is 65.7 Å². The van der Waals surface area contributed by atoms with Gasteiger partial charge in [0.05, 0.1) is 0 Å². The van der Waals surface area contributed by atoms with Crippen molar-refractivity contribution in [2.24, 2.45) is 0 Å². The summed E-state index contributed by atoms with van der Waals surface area (Å²) in [7, 11) is 0. The lowest BCUT2D eigenvalue weighted by molar-refractivity contribution is 0.581. The summed E-state index contributed by atoms with van der Waals surface area (Å²) < 4.78 is 12.8. The Kier molecular flexibility index (Phi) is 3.08. The molecule has 0 saturated carbocycles. The maximum atomic E-state index is 12.8. The molecule has 0 radical (unpaired) electrons. The Labute approximate surface area is 88.6 Å². The zero-order valence-electron chi connectivity index (χ0n) is 8.36. The number of rotatable bonds is 3. The highest BCUT2D eigenvalue weighted by Gasteiger charge is 1.97. The lowest BCUT2D eigenvalue weighted by Crippen LogP contribution is -1.92. The third kappa shape index (κ3) is 2.88. The molecule has 0 aliphatic rings. The van der Waals surface area contributed by atoms with E-state index < -0.39 is 5.95 Å². The maximum absolute atomic E-state index is 12.8. The van der Waals surface area contributed by atoms with Gasteiger partial charge < -0.3 is 0 Å². The first-order chi connectivity index (χ1) is 7.34. The van der Waals surface area contributed by atoms with E-state index in [1.807, 2.05) is 24.3 Å². The normalized spacial score (nSPS) is 10.2. The van der Waals surface area contributed by atoms with Crippen LogP contribution in [-0.4, -0.2) is 4.98 Å². The average Bonchev–Trinajstić information content (AvgIpc) is 2.28. The van der Waals surface area contributed by atoms with Gasteiger partial charge in [-0.05, 0) is 36.1 Å². The molecule has 1 nitrogen and oxygen atoms in total. The van der Waals surface area contributed by atoms with Crippen LogP contribution in [0.5, 0.6) is 0 Å². The molecule has 2 rings (SSSR count). The van der Waals surface area contributed by atoms with Gasteiger partial charge in [0.2, 0.25) is 5.95 Å². The fourth-order valence-electron chi connectivity index (χ4n) is 1.53. The lowest BCUT2D eigenvalue weighted by Gasteiger charge is -2.01. The molecule has 0 spiro atoms. The Bertz CT molecular complexity index is 426. The maximum Gasteiger partial charge on any atom is 0.213 e. The Morgan fingerprint density at radius 3 is 2.40 bits per heavy atom. The molecule has 2 aromatic rings. The van der Waals surface area contributed by atoms with Crippen LogP contribution in [0.3, 0.4) is 0 Å². The number of halogens is 1. The van der Waals surface area contributed by atoms with Crippen LogP contribution in [0.25, 0.3) is 0 Å². The number of pyridine rings is 1. The molecule has 0 unspecified atom stereocenters. The number of nitrogens with zero attached hydrogens (tertiary/aromatic N) is 1. The van der Waals surface area contributed by atoms with E-state index in [9.17, 15) is 4.39 Å². The van der Waals surface area contributed by atoms with Gasteiger partial charge in [-0.2, -0.15) is 4.39 Å². The van der Waals surface area contributed by atoms with Crippen molar-refractivity contribution in [3.8, 4) is 0 Å². The van der Waals surface area contributed by atoms with Gasteiger partial charge in [-0.3, -0.25) is 0 Å². The van der Waals surface area contributed by atoms with Crippen LogP contribution < -0.4 is 0 Å². The molecular weight excluding hydrogens is 189 g/mol. The van der Waals surface area contributed by atoms with Crippen molar-refractivity contribution in [2.45, 2.75) is 12.8 Å². The molecule has 0 fully saturated rings. The minimum Gasteiger partial charge on any atom is -0.228 e. The highest BCUT2D eigenvalue weighted by molar-refractivity contribution is 5.18. The first-order valence-corrected chi connectivity index (χ1v) is 4.99. The number of aromatic nitrogens is 1. The zero-order valence-corrected chi connectivity index (χ0v) is 8.36. The zero-order chi connectivity index (χ0) is 10.5. The van der Waals surface area contributed by atoms with Crippen molar-refractivity contribution < 1.29 is 4.39 Å². The molecule has 1 aromatic heterocycles. The van der Waals surface area contributed by atoms with Gasteiger partial charge in [0.1, 0.15) is 0 Å². The third-order valence-electron chi connectivity index (χ3n) is 2.34. The van der Waals surface area contributed by atoms with Gasteiger partial charge >= 0.3 is 0 Å². The Morgan fingerprint density at radius 1 is 0.933 bits per heavy atom. The summed E-state index contributed by atoms with van der Waals surface area (Å²) in [6, 6.07) is 13.5. The van der Waals surface area contributed by atoms with Crippen LogP contribution in [0.15, 0.2) is 48.7 Å². The molecule has 0 N–H and O–H groups in total. The molecule has 0 saturated heterocycles. The van der Waals surface area contributed by atoms with Gasteiger partial charge in [0.15, 0.2) is 0 Å². The molecule has 2 heteroatoms. The first kappa shape index (κ1) is 9.84. The first-order valence-electron chi connectivity index (χ1n) is 4.99. The van der Waals surface area contributed by atoms with Crippen LogP contribution in [0.4, 0.5) is 4.39 Å². The molecule has 0 atom stereocenters. The van der Waals surface area contributed by atoms with Crippen molar-refractivity contribution in [1.29, 1.82) is 0 Å². The summed E-state index contributed by atoms with van der Waals surface area (Å²) in [5.41, 5.74) is 2.26. The third-order valence-corrected chi connectivity index (χ3v) is 2.34. The fourth-order valence-corrected chi connectivity index (χ4v) is 1.53. The molecule has 0 amide bonds. The standard InChI is InChI=1S/C13H12FN/c14-13-10-12(8-9-15-13)7-6-11-4-2-1-3-5-11/h1-5,8-10H,6-7H2. The van der Waals surface area contributed by atoms with E-state index in [0.29, 0.717) is 0 Å². The summed E-state index contributed by atoms with van der Waals surface area (Å²) in [6.45, 7) is 0. The van der Waals surface area contributed by atoms with Gasteiger partial charge in [0, 0.05) is 6.20 Å². The second-order valence-corrected chi connectivity index (χ2v) is 3.47. The summed E-state index contributed by atoms with van der Waals surface area (Å²) >= 11 is 0. The molecular formula is C13H12FN. The van der Waals surface area contributed by atoms with Gasteiger partial charge in [-0.15, -0.1) is 0 Å². The second-order valence-electron chi connectivity index (χ2n) is 3.47. The summed E-state index contributed by atoms with van der Waals surface area (Å²) in [5.74, 6) is -0.402. The highest BCUT2D eigenvalue weighted by atomic mass is 19.1. The van der Waals surface area contributed by atoms with E-state index in [0.717, 1.165) is 18.4 Å². The number of hydrogen-bond donors (Lipinski definition) is 0. The van der Waals surface area contributed by atoms with Crippen molar-refractivity contribution in [2.75, 3.05) is 0 Å². The predicted octanol–water partition coefficient (Wildman–Crippen LogP) is 3.01. The fraction of sp³-hybridized carbons (Fsp3) is 0.154. The van der Waals surface area contributed by atoms with Crippen molar-refractivity contribution >= 4 is 0 Å². The van der Waals surface area contributed by atoms with E-state index in [2.05, 4.69) is 17.1 Å². The Balaban J connectivity index is 1.99. The monoisotopic (exact) mass is 201 g/mol. The number of benzene rings is 1. The smallest absolute Gasteiger partial charge is 0.213 e. The van der Waals surface area contributed by atoms with Gasteiger partial charge in [-0.25, -0.2) is 4.98 Å². The Morgan fingerprint density at radius 2 is 1.67 bits per heavy atom. The minimum absolute atomic E-state index is 0.402. The van der Waals surface area contributed by atoms with Crippen molar-refractivity contribution in [3.63, 3.8) is 0 Å². The van der Waals surface area contributed by atoms with Crippen LogP contribution in [0, 0.1) is 5.95 Å². The van der Waals surface area contributed by atoms with Gasteiger partial charge in [0.25, 0.3) is 0 Å². The minimum atomic E-state index is -0.402. The van der Waals surface area contributed by atoms with E-state index in [4.69, 9.17) is 0 Å². The van der Waals surface area contributed by atoms with Crippen LogP contribution in [0.1, 0.15) is 11.1 Å². The quantitative estimate of drug-likeness (QED) is 0.695. The number of aryl methyl sites for hydroxylation is 2. The van der Waals surface area contributed by atoms with Crippen molar-refractivity contribution in [1.82, 2.24) is 4.98 Å². The molecule has 1 aromatic carbocycles. The van der Waals surface area contributed by atoms with E-state index in [1.165, 1.54) is 17.8 Å². The van der Waals surface area contributed by atoms with E-state index >= 15 is 0 Å². The molecule has 76 valence electrons. The molecule has 0 bridgehead atoms. The Hall–Kier alpha value is -1.70. The molecule has 0 aliphatic heterocycles. The van der Waals surface area contributed by atoms with Crippen LogP contribution in [-0.2, 0) is 12.8 Å². The van der Waals surface area contributed by atoms with Crippen LogP contribution >= 0.6 is 0 Å². The molecule has 1 heterocycles. The van der Waals surface area contributed by atoms with E-state index in [1.54, 1.807) is 0 Å². The van der Waals surface area contributed by atoms with Gasteiger partial charge in [-0.1, -0.05) is 30.3 Å². The highest BCUT2D eigenvalue weighted by Crippen LogP contribution is 2.07. The number of hydrogen-bond acceptors (Lipinski definition) is 1. The summed E-state index contributed by atoms with van der Waals surface area (Å²) in [5, 5.41) is 0. The van der Waals surface area contributed by atoms with E-state index in [-0.39, 0.29) is 0 Å². The SMILES string of the molecule is Fc1cc(CCc2ccccc2)ccn1.